The number of ether oxygens (including phenoxy) is 4. The fraction of sp³-hybridized carbons (Fsp3) is 0.500. The molecule has 0 saturated carbocycles. The van der Waals surface area contributed by atoms with Crippen LogP contribution < -0.4 is 9.47 Å². The lowest BCUT2D eigenvalue weighted by Gasteiger charge is -2.21. The minimum absolute atomic E-state index is 0.00752. The summed E-state index contributed by atoms with van der Waals surface area (Å²) in [7, 11) is 0. The number of hydrogen-bond donors (Lipinski definition) is 0. The van der Waals surface area contributed by atoms with Gasteiger partial charge in [0.15, 0.2) is 11.5 Å². The van der Waals surface area contributed by atoms with Gasteiger partial charge >= 0.3 is 23.9 Å². The Balaban J connectivity index is 2.36. The molecule has 2 rings (SSSR count). The molecule has 8 nitrogen and oxygen atoms in total. The Morgan fingerprint density at radius 2 is 0.870 bits per heavy atom. The summed E-state index contributed by atoms with van der Waals surface area (Å²) in [6, 6.07) is 2.24. The lowest BCUT2D eigenvalue weighted by molar-refractivity contribution is -0.156. The molecule has 0 fully saturated rings. The van der Waals surface area contributed by atoms with Crippen molar-refractivity contribution in [2.45, 2.75) is 67.2 Å². The van der Waals surface area contributed by atoms with Crippen molar-refractivity contribution in [3.63, 3.8) is 0 Å². The molecule has 2 atom stereocenters. The summed E-state index contributed by atoms with van der Waals surface area (Å²) < 4.78 is 21.3. The highest BCUT2D eigenvalue weighted by Crippen LogP contribution is 2.42. The lowest BCUT2D eigenvalue weighted by atomic mass is 9.90. The van der Waals surface area contributed by atoms with Gasteiger partial charge in [-0.15, -0.1) is 0 Å². The van der Waals surface area contributed by atoms with Gasteiger partial charge in [-0.25, -0.2) is 19.2 Å². The highest BCUT2D eigenvalue weighted by Gasteiger charge is 2.32. The lowest BCUT2D eigenvalue weighted by Crippen LogP contribution is -2.28. The maximum atomic E-state index is 13.1. The summed E-state index contributed by atoms with van der Waals surface area (Å²) in [6.07, 6.45) is 3.51. The second-order valence-electron chi connectivity index (χ2n) is 10.8. The van der Waals surface area contributed by atoms with Crippen LogP contribution in [0.25, 0.3) is 0 Å². The first kappa shape index (κ1) is 40.2. The molecular weight excluding hydrogens is 725 g/mol. The van der Waals surface area contributed by atoms with Crippen LogP contribution in [-0.2, 0) is 19.1 Å². The molecule has 0 radical (unpaired) electrons. The normalized spacial score (nSPS) is 12.6. The van der Waals surface area contributed by atoms with E-state index in [2.05, 4.69) is 0 Å². The van der Waals surface area contributed by atoms with Gasteiger partial charge in [0.25, 0.3) is 0 Å². The minimum Gasteiger partial charge on any atom is -0.462 e. The Hall–Kier alpha value is -1.94. The van der Waals surface area contributed by atoms with Crippen molar-refractivity contribution >= 4 is 93.5 Å². The van der Waals surface area contributed by atoms with Crippen LogP contribution in [0.4, 0.5) is 0 Å². The van der Waals surface area contributed by atoms with Crippen LogP contribution in [0.3, 0.4) is 0 Å². The summed E-state index contributed by atoms with van der Waals surface area (Å²) >= 11 is 37.4. The van der Waals surface area contributed by atoms with E-state index in [0.717, 1.165) is 37.8 Å². The maximum absolute atomic E-state index is 13.1. The molecule has 0 saturated heterocycles. The monoisotopic (exact) mass is 758 g/mol. The standard InChI is InChI=1S/C32H36Cl6O8/c1-7-17(8-2)15(5)13-43-29(39)23-25(37)19(33)11-21(35)27(23)45-31(41)32(42)46-28-22(36)12-20(34)26(38)24(28)30(40)44-14-16(6)18(9-3)10-4/h11-12,15-18H,7-10,13-14H2,1-6H3. The van der Waals surface area contributed by atoms with E-state index >= 15 is 0 Å². The number of esters is 4. The maximum Gasteiger partial charge on any atom is 0.423 e. The van der Waals surface area contributed by atoms with E-state index < -0.39 is 46.5 Å². The molecule has 0 bridgehead atoms. The van der Waals surface area contributed by atoms with Gasteiger partial charge in [0.05, 0.1) is 43.3 Å². The third kappa shape index (κ3) is 10.0. The predicted molar refractivity (Wildman–Crippen MR) is 181 cm³/mol. The molecule has 46 heavy (non-hydrogen) atoms. The number of halogens is 6. The van der Waals surface area contributed by atoms with Gasteiger partial charge in [-0.3, -0.25) is 0 Å². The van der Waals surface area contributed by atoms with Crippen molar-refractivity contribution in [1.82, 2.24) is 0 Å². The van der Waals surface area contributed by atoms with Crippen molar-refractivity contribution in [2.24, 2.45) is 23.7 Å². The van der Waals surface area contributed by atoms with E-state index in [1.807, 2.05) is 41.5 Å². The van der Waals surface area contributed by atoms with E-state index in [1.165, 1.54) is 0 Å². The van der Waals surface area contributed by atoms with E-state index in [0.29, 0.717) is 11.8 Å². The molecule has 0 aliphatic heterocycles. The molecule has 2 aromatic carbocycles. The van der Waals surface area contributed by atoms with Gasteiger partial charge in [-0.2, -0.15) is 0 Å². The van der Waals surface area contributed by atoms with Crippen LogP contribution in [0.5, 0.6) is 11.5 Å². The predicted octanol–water partition coefficient (Wildman–Crippen LogP) is 10.6. The van der Waals surface area contributed by atoms with Crippen molar-refractivity contribution < 1.29 is 38.1 Å². The summed E-state index contributed by atoms with van der Waals surface area (Å²) in [5, 5.41) is -1.53. The average molecular weight is 761 g/mol. The molecule has 14 heteroatoms. The molecule has 0 heterocycles. The van der Waals surface area contributed by atoms with Crippen LogP contribution in [0.2, 0.25) is 30.1 Å². The number of benzene rings is 2. The zero-order valence-electron chi connectivity index (χ0n) is 26.2. The van der Waals surface area contributed by atoms with Crippen LogP contribution in [0.15, 0.2) is 12.1 Å². The molecule has 254 valence electrons. The van der Waals surface area contributed by atoms with Gasteiger partial charge in [-0.1, -0.05) is 137 Å². The zero-order chi connectivity index (χ0) is 34.9. The van der Waals surface area contributed by atoms with Gasteiger partial charge in [-0.05, 0) is 35.8 Å². The van der Waals surface area contributed by atoms with Crippen molar-refractivity contribution in [3.05, 3.63) is 53.4 Å². The molecule has 2 aromatic rings. The third-order valence-electron chi connectivity index (χ3n) is 7.88. The van der Waals surface area contributed by atoms with E-state index in [-0.39, 0.29) is 55.2 Å². The van der Waals surface area contributed by atoms with Gasteiger partial charge in [0, 0.05) is 0 Å². The molecule has 0 aliphatic carbocycles. The highest BCUT2D eigenvalue weighted by molar-refractivity contribution is 6.47. The third-order valence-corrected chi connectivity index (χ3v) is 10.0. The van der Waals surface area contributed by atoms with Crippen molar-refractivity contribution in [1.29, 1.82) is 0 Å². The topological polar surface area (TPSA) is 105 Å². The van der Waals surface area contributed by atoms with Crippen LogP contribution in [0, 0.1) is 23.7 Å². The Labute approximate surface area is 299 Å². The molecule has 0 amide bonds. The second kappa shape index (κ2) is 18.6. The SMILES string of the molecule is CCC(CC)C(C)COC(=O)c1c(Cl)c(Cl)cc(Cl)c1OC(=O)C(=O)Oc1c(Cl)cc(Cl)c(Cl)c1C(=O)OCC(C)C(CC)CC. The molecule has 2 unspecified atom stereocenters. The average Bonchev–Trinajstić information content (AvgIpc) is 3.01. The van der Waals surface area contributed by atoms with Crippen molar-refractivity contribution in [2.75, 3.05) is 13.2 Å². The van der Waals surface area contributed by atoms with Crippen LogP contribution in [-0.4, -0.2) is 37.1 Å². The first-order valence-corrected chi connectivity index (χ1v) is 17.0. The number of hydrogen-bond acceptors (Lipinski definition) is 8. The number of carbonyl (C=O) groups excluding carboxylic acids is 4. The first-order chi connectivity index (χ1) is 21.6. The Bertz CT molecular complexity index is 1330. The van der Waals surface area contributed by atoms with Gasteiger partial charge < -0.3 is 18.9 Å². The van der Waals surface area contributed by atoms with Crippen molar-refractivity contribution in [3.8, 4) is 11.5 Å². The molecule has 0 aromatic heterocycles. The number of rotatable bonds is 14. The zero-order valence-corrected chi connectivity index (χ0v) is 30.8. The fourth-order valence-corrected chi connectivity index (χ4v) is 6.45. The van der Waals surface area contributed by atoms with Gasteiger partial charge in [0.1, 0.15) is 11.1 Å². The summed E-state index contributed by atoms with van der Waals surface area (Å²) in [6.45, 7) is 12.1. The Morgan fingerprint density at radius 3 is 1.15 bits per heavy atom. The first-order valence-electron chi connectivity index (χ1n) is 14.8. The Kier molecular flexibility index (Phi) is 16.2. The summed E-state index contributed by atoms with van der Waals surface area (Å²) in [5.41, 5.74) is -0.944. The van der Waals surface area contributed by atoms with Crippen LogP contribution in [0.1, 0.15) is 87.9 Å². The summed E-state index contributed by atoms with van der Waals surface area (Å²) in [5.74, 6) is -5.84. The molecule has 0 aliphatic rings. The fourth-order valence-electron chi connectivity index (χ4n) is 5.01. The molecular formula is C32H36Cl6O8. The largest absolute Gasteiger partial charge is 0.462 e. The number of carbonyl (C=O) groups is 4. The van der Waals surface area contributed by atoms with Gasteiger partial charge in [0.2, 0.25) is 0 Å². The second-order valence-corrected chi connectivity index (χ2v) is 13.2. The van der Waals surface area contributed by atoms with E-state index in [1.54, 1.807) is 0 Å². The van der Waals surface area contributed by atoms with E-state index in [9.17, 15) is 19.2 Å². The van der Waals surface area contributed by atoms with E-state index in [4.69, 9.17) is 88.6 Å². The molecule has 0 N–H and O–H groups in total. The highest BCUT2D eigenvalue weighted by atomic mass is 35.5. The Morgan fingerprint density at radius 1 is 0.565 bits per heavy atom. The molecule has 0 spiro atoms. The quantitative estimate of drug-likeness (QED) is 0.0811. The summed E-state index contributed by atoms with van der Waals surface area (Å²) in [4.78, 5) is 52.2. The smallest absolute Gasteiger partial charge is 0.423 e. The van der Waals surface area contributed by atoms with Crippen LogP contribution >= 0.6 is 69.6 Å². The minimum atomic E-state index is -1.65.